The molecule has 0 aromatic carbocycles. The number of hydrogen-bond donors (Lipinski definition) is 3. The van der Waals surface area contributed by atoms with Crippen molar-refractivity contribution >= 4 is 17.5 Å². The maximum absolute atomic E-state index is 14.0. The predicted molar refractivity (Wildman–Crippen MR) is 76.2 cm³/mol. The van der Waals surface area contributed by atoms with Crippen LogP contribution in [0.15, 0.2) is 5.83 Å². The molecule has 0 fully saturated rings. The molecule has 1 aliphatic rings. The van der Waals surface area contributed by atoms with Gasteiger partial charge >= 0.3 is 6.18 Å². The molecule has 0 spiro atoms. The maximum atomic E-state index is 14.0. The van der Waals surface area contributed by atoms with Gasteiger partial charge in [0.25, 0.3) is 5.92 Å². The summed E-state index contributed by atoms with van der Waals surface area (Å²) in [5.41, 5.74) is 4.94. The van der Waals surface area contributed by atoms with Crippen molar-refractivity contribution in [3.8, 4) is 0 Å². The molecule has 0 radical (unpaired) electrons. The molecule has 4 N–H and O–H groups in total. The summed E-state index contributed by atoms with van der Waals surface area (Å²) in [7, 11) is 0. The van der Waals surface area contributed by atoms with Crippen molar-refractivity contribution in [3.63, 3.8) is 0 Å². The lowest BCUT2D eigenvalue weighted by atomic mass is 9.92. The van der Waals surface area contributed by atoms with Crippen molar-refractivity contribution in [2.75, 3.05) is 11.1 Å². The van der Waals surface area contributed by atoms with Gasteiger partial charge in [-0.05, 0) is 12.8 Å². The lowest BCUT2D eigenvalue weighted by Gasteiger charge is -2.27. The van der Waals surface area contributed by atoms with Crippen molar-refractivity contribution < 1.29 is 31.4 Å². The lowest BCUT2D eigenvalue weighted by molar-refractivity contribution is -0.143. The Balaban J connectivity index is 2.38. The van der Waals surface area contributed by atoms with Crippen LogP contribution >= 0.6 is 0 Å². The van der Waals surface area contributed by atoms with Crippen LogP contribution in [0.1, 0.15) is 32.0 Å². The predicted octanol–water partition coefficient (Wildman–Crippen LogP) is 2.68. The van der Waals surface area contributed by atoms with Gasteiger partial charge in [0.15, 0.2) is 11.9 Å². The van der Waals surface area contributed by atoms with Crippen molar-refractivity contribution in [3.05, 3.63) is 11.7 Å². The summed E-state index contributed by atoms with van der Waals surface area (Å²) in [4.78, 5) is 10.7. The molecule has 0 aliphatic heterocycles. The van der Waals surface area contributed by atoms with E-state index < -0.39 is 66.2 Å². The summed E-state index contributed by atoms with van der Waals surface area (Å²) in [6.45, 7) is 1.28. The average molecular weight is 371 g/mol. The van der Waals surface area contributed by atoms with E-state index in [1.807, 2.05) is 5.32 Å². The number of nitrogens with two attached hydrogens (primary N) is 1. The normalized spacial score (nSPS) is 22.0. The molecule has 12 heteroatoms. The SMILES string of the molecule is CC[C@@H](Nc1nc(N)nc(C2=C(F)[C@H](O)C(F)(F)CC2)n1)C(F)(F)F. The van der Waals surface area contributed by atoms with Gasteiger partial charge in [-0.2, -0.15) is 28.1 Å². The van der Waals surface area contributed by atoms with Crippen LogP contribution in [0, 0.1) is 0 Å². The Kier molecular flexibility index (Phi) is 5.11. The zero-order valence-electron chi connectivity index (χ0n) is 12.9. The third-order valence-electron chi connectivity index (χ3n) is 3.67. The highest BCUT2D eigenvalue weighted by Crippen LogP contribution is 2.41. The molecule has 0 bridgehead atoms. The van der Waals surface area contributed by atoms with Gasteiger partial charge in [-0.15, -0.1) is 0 Å². The fourth-order valence-electron chi connectivity index (χ4n) is 2.28. The molecule has 0 amide bonds. The van der Waals surface area contributed by atoms with Crippen LogP contribution in [0.4, 0.5) is 38.2 Å². The van der Waals surface area contributed by atoms with Crippen molar-refractivity contribution in [2.24, 2.45) is 0 Å². The Morgan fingerprint density at radius 2 is 1.96 bits per heavy atom. The molecule has 2 atom stereocenters. The Morgan fingerprint density at radius 3 is 2.52 bits per heavy atom. The van der Waals surface area contributed by atoms with E-state index >= 15 is 0 Å². The molecule has 0 saturated heterocycles. The van der Waals surface area contributed by atoms with Crippen LogP contribution in [0.5, 0.6) is 0 Å². The standard InChI is InChI=1S/C13H15F6N5O/c1-2-6(13(17,18)19)21-11-23-9(22-10(20)24-11)5-3-4-12(15,16)8(25)7(5)14/h6,8,25H,2-4H2,1H3,(H3,20,21,22,23,24)/t6-,8+/m1/s1. The highest BCUT2D eigenvalue weighted by molar-refractivity contribution is 5.65. The Bertz CT molecular complexity index is 677. The van der Waals surface area contributed by atoms with Crippen molar-refractivity contribution in [1.29, 1.82) is 0 Å². The van der Waals surface area contributed by atoms with Gasteiger partial charge in [-0.3, -0.25) is 0 Å². The summed E-state index contributed by atoms with van der Waals surface area (Å²) in [6, 6.07) is -1.98. The number of nitrogens with one attached hydrogen (secondary N) is 1. The highest BCUT2D eigenvalue weighted by Gasteiger charge is 2.46. The number of aliphatic hydroxyl groups excluding tert-OH is 1. The number of allylic oxidation sites excluding steroid dienone is 1. The van der Waals surface area contributed by atoms with E-state index in [4.69, 9.17) is 5.73 Å². The second-order valence-corrected chi connectivity index (χ2v) is 5.48. The second kappa shape index (κ2) is 6.65. The summed E-state index contributed by atoms with van der Waals surface area (Å²) in [5, 5.41) is 11.3. The molecule has 0 unspecified atom stereocenters. The largest absolute Gasteiger partial charge is 0.408 e. The summed E-state index contributed by atoms with van der Waals surface area (Å²) in [5.74, 6) is -6.79. The molecule has 25 heavy (non-hydrogen) atoms. The first-order valence-electron chi connectivity index (χ1n) is 7.25. The number of rotatable bonds is 4. The second-order valence-electron chi connectivity index (χ2n) is 5.48. The van der Waals surface area contributed by atoms with Crippen LogP contribution in [0.25, 0.3) is 5.57 Å². The van der Waals surface area contributed by atoms with E-state index in [1.54, 1.807) is 0 Å². The first-order valence-corrected chi connectivity index (χ1v) is 7.25. The summed E-state index contributed by atoms with van der Waals surface area (Å²) in [6.07, 6.45) is -9.00. The summed E-state index contributed by atoms with van der Waals surface area (Å²) >= 11 is 0. The maximum Gasteiger partial charge on any atom is 0.408 e. The fraction of sp³-hybridized carbons (Fsp3) is 0.615. The van der Waals surface area contributed by atoms with Gasteiger partial charge in [0, 0.05) is 12.0 Å². The number of anilines is 2. The van der Waals surface area contributed by atoms with E-state index in [-0.39, 0.29) is 6.42 Å². The van der Waals surface area contributed by atoms with E-state index in [0.717, 1.165) is 0 Å². The van der Waals surface area contributed by atoms with Crippen molar-refractivity contribution in [2.45, 2.75) is 50.4 Å². The Morgan fingerprint density at radius 1 is 1.32 bits per heavy atom. The molecule has 1 aromatic heterocycles. The number of aliphatic hydroxyl groups is 1. The van der Waals surface area contributed by atoms with Gasteiger partial charge < -0.3 is 16.2 Å². The van der Waals surface area contributed by atoms with E-state index in [2.05, 4.69) is 15.0 Å². The minimum absolute atomic E-state index is 0.341. The smallest absolute Gasteiger partial charge is 0.380 e. The molecular formula is C13H15F6N5O. The van der Waals surface area contributed by atoms with Gasteiger partial charge in [-0.25, -0.2) is 13.2 Å². The zero-order chi connectivity index (χ0) is 19.0. The third kappa shape index (κ3) is 4.11. The topological polar surface area (TPSA) is 97.0 Å². The van der Waals surface area contributed by atoms with Gasteiger partial charge in [0.1, 0.15) is 11.9 Å². The van der Waals surface area contributed by atoms with Gasteiger partial charge in [-0.1, -0.05) is 6.92 Å². The lowest BCUT2D eigenvalue weighted by Crippen LogP contribution is -2.38. The molecule has 0 saturated carbocycles. The Labute approximate surface area is 138 Å². The number of hydrogen-bond acceptors (Lipinski definition) is 6. The van der Waals surface area contributed by atoms with Crippen LogP contribution in [-0.2, 0) is 0 Å². The van der Waals surface area contributed by atoms with E-state index in [0.29, 0.717) is 0 Å². The quantitative estimate of drug-likeness (QED) is 0.704. The number of alkyl halides is 5. The monoisotopic (exact) mass is 371 g/mol. The van der Waals surface area contributed by atoms with Crippen LogP contribution in [0.3, 0.4) is 0 Å². The number of aromatic nitrogens is 3. The van der Waals surface area contributed by atoms with Gasteiger partial charge in [0.2, 0.25) is 11.9 Å². The van der Waals surface area contributed by atoms with Crippen molar-refractivity contribution in [1.82, 2.24) is 15.0 Å². The molecular weight excluding hydrogens is 356 g/mol. The van der Waals surface area contributed by atoms with E-state index in [1.165, 1.54) is 6.92 Å². The van der Waals surface area contributed by atoms with Gasteiger partial charge in [0.05, 0.1) is 0 Å². The number of nitrogen functional groups attached to an aromatic ring is 1. The molecule has 140 valence electrons. The first kappa shape index (κ1) is 19.2. The molecule has 6 nitrogen and oxygen atoms in total. The summed E-state index contributed by atoms with van der Waals surface area (Å²) < 4.78 is 79.1. The minimum Gasteiger partial charge on any atom is -0.380 e. The fourth-order valence-corrected chi connectivity index (χ4v) is 2.28. The van der Waals surface area contributed by atoms with Crippen LogP contribution in [0.2, 0.25) is 0 Å². The molecule has 1 heterocycles. The highest BCUT2D eigenvalue weighted by atomic mass is 19.4. The Hall–Kier alpha value is -2.11. The average Bonchev–Trinajstić information content (AvgIpc) is 2.48. The molecule has 1 aromatic rings. The molecule has 1 aliphatic carbocycles. The molecule has 2 rings (SSSR count). The third-order valence-corrected chi connectivity index (χ3v) is 3.67. The number of halogens is 6. The minimum atomic E-state index is -4.59. The zero-order valence-corrected chi connectivity index (χ0v) is 12.9. The van der Waals surface area contributed by atoms with Crippen LogP contribution in [-0.4, -0.2) is 44.3 Å². The van der Waals surface area contributed by atoms with E-state index in [9.17, 15) is 31.4 Å². The first-order chi connectivity index (χ1) is 11.5. The number of nitrogens with zero attached hydrogens (tertiary/aromatic N) is 3. The van der Waals surface area contributed by atoms with Crippen LogP contribution < -0.4 is 11.1 Å².